The summed E-state index contributed by atoms with van der Waals surface area (Å²) in [5.41, 5.74) is -0.474. The normalized spacial score (nSPS) is 13.4. The minimum atomic E-state index is -0.474. The van der Waals surface area contributed by atoms with E-state index in [-0.39, 0.29) is 0 Å². The van der Waals surface area contributed by atoms with Crippen LogP contribution < -0.4 is 0 Å². The first-order chi connectivity index (χ1) is 3.27. The van der Waals surface area contributed by atoms with Crippen molar-refractivity contribution in [3.8, 4) is 0 Å². The molecule has 0 amide bonds. The van der Waals surface area contributed by atoms with Gasteiger partial charge in [-0.05, 0) is 12.8 Å². The van der Waals surface area contributed by atoms with E-state index in [1.807, 2.05) is 0 Å². The van der Waals surface area contributed by atoms with Crippen molar-refractivity contribution in [2.75, 3.05) is 0 Å². The van der Waals surface area contributed by atoms with Gasteiger partial charge >= 0.3 is 0 Å². The van der Waals surface area contributed by atoms with E-state index in [1.165, 1.54) is 0 Å². The third-order valence-electron chi connectivity index (χ3n) is 0.629. The predicted molar refractivity (Wildman–Crippen MR) is 34.4 cm³/mol. The maximum Gasteiger partial charge on any atom is 0.0967 e. The van der Waals surface area contributed by atoms with E-state index in [1.54, 1.807) is 6.08 Å². The summed E-state index contributed by atoms with van der Waals surface area (Å²) in [6.07, 6.45) is 3.30. The molecule has 0 saturated carbocycles. The lowest BCUT2D eigenvalue weighted by molar-refractivity contribution is 0.256. The molecule has 2 heteroatoms. The molecule has 1 nitrogen and oxygen atoms in total. The maximum atomic E-state index is 8.50. The summed E-state index contributed by atoms with van der Waals surface area (Å²) in [4.78, 5) is 0. The van der Waals surface area contributed by atoms with E-state index >= 15 is 0 Å². The average molecular weight is 118 g/mol. The molecule has 0 aliphatic rings. The zero-order valence-electron chi connectivity index (χ0n) is 4.17. The van der Waals surface area contributed by atoms with Crippen LogP contribution in [-0.2, 0) is 0 Å². The Morgan fingerprint density at radius 2 is 2.43 bits per heavy atom. The second-order valence-electron chi connectivity index (χ2n) is 1.35. The number of thiol groups is 1. The molecule has 0 saturated heterocycles. The van der Waals surface area contributed by atoms with E-state index in [0.29, 0.717) is 6.42 Å². The molecule has 0 heterocycles. The monoisotopic (exact) mass is 118 g/mol. The largest absolute Gasteiger partial charge is 0.383 e. The van der Waals surface area contributed by atoms with Crippen molar-refractivity contribution in [2.24, 2.45) is 0 Å². The molecule has 0 spiro atoms. The predicted octanol–water partition coefficient (Wildman–Crippen LogP) is 1.20. The van der Waals surface area contributed by atoms with Crippen LogP contribution in [0.15, 0.2) is 12.7 Å². The summed E-state index contributed by atoms with van der Waals surface area (Å²) < 4.78 is 0. The Morgan fingerprint density at radius 3 is 2.57 bits per heavy atom. The molecule has 1 unspecified atom stereocenters. The van der Waals surface area contributed by atoms with Crippen molar-refractivity contribution in [1.29, 1.82) is 0 Å². The molecule has 0 fully saturated rings. The van der Waals surface area contributed by atoms with Crippen molar-refractivity contribution < 1.29 is 5.11 Å². The lowest BCUT2D eigenvalue weighted by Gasteiger charge is -1.95. The highest BCUT2D eigenvalue weighted by molar-refractivity contribution is 7.80. The number of aliphatic hydroxyl groups is 1. The molecule has 0 aliphatic carbocycles. The van der Waals surface area contributed by atoms with Gasteiger partial charge in [-0.25, -0.2) is 0 Å². The zero-order valence-corrected chi connectivity index (χ0v) is 5.06. The molecular weight excluding hydrogens is 108 g/mol. The van der Waals surface area contributed by atoms with Gasteiger partial charge in [0.05, 0.1) is 5.44 Å². The summed E-state index contributed by atoms with van der Waals surface area (Å²) in [6, 6.07) is 0. The minimum Gasteiger partial charge on any atom is -0.383 e. The fourth-order valence-electron chi connectivity index (χ4n) is 0.267. The summed E-state index contributed by atoms with van der Waals surface area (Å²) in [7, 11) is 0. The van der Waals surface area contributed by atoms with Crippen LogP contribution in [0, 0.1) is 0 Å². The molecule has 0 rings (SSSR count). The van der Waals surface area contributed by atoms with E-state index in [0.717, 1.165) is 6.42 Å². The summed E-state index contributed by atoms with van der Waals surface area (Å²) in [5.74, 6) is 0. The van der Waals surface area contributed by atoms with Crippen molar-refractivity contribution in [3.63, 3.8) is 0 Å². The van der Waals surface area contributed by atoms with E-state index < -0.39 is 5.44 Å². The topological polar surface area (TPSA) is 20.2 Å². The molecule has 0 bridgehead atoms. The molecule has 7 heavy (non-hydrogen) atoms. The number of rotatable bonds is 3. The van der Waals surface area contributed by atoms with Gasteiger partial charge in [0.25, 0.3) is 0 Å². The Labute approximate surface area is 49.5 Å². The van der Waals surface area contributed by atoms with Gasteiger partial charge in [0, 0.05) is 0 Å². The highest BCUT2D eigenvalue weighted by Crippen LogP contribution is 1.99. The van der Waals surface area contributed by atoms with E-state index in [4.69, 9.17) is 5.11 Å². The minimum absolute atomic E-state index is 0.474. The fraction of sp³-hybridized carbons (Fsp3) is 0.600. The van der Waals surface area contributed by atoms with E-state index in [9.17, 15) is 0 Å². The lowest BCUT2D eigenvalue weighted by Crippen LogP contribution is -1.92. The van der Waals surface area contributed by atoms with Gasteiger partial charge in [-0.3, -0.25) is 0 Å². The maximum absolute atomic E-state index is 8.50. The van der Waals surface area contributed by atoms with Gasteiger partial charge in [0.15, 0.2) is 0 Å². The summed E-state index contributed by atoms with van der Waals surface area (Å²) in [5, 5.41) is 8.50. The van der Waals surface area contributed by atoms with Crippen molar-refractivity contribution in [2.45, 2.75) is 18.3 Å². The Hall–Kier alpha value is 0.0500. The van der Waals surface area contributed by atoms with Gasteiger partial charge < -0.3 is 5.11 Å². The first-order valence-corrected chi connectivity index (χ1v) is 2.76. The summed E-state index contributed by atoms with van der Waals surface area (Å²) in [6.45, 7) is 3.49. The smallest absolute Gasteiger partial charge is 0.0967 e. The summed E-state index contributed by atoms with van der Waals surface area (Å²) >= 11 is 3.74. The number of aliphatic hydroxyl groups excluding tert-OH is 1. The van der Waals surface area contributed by atoms with Crippen LogP contribution in [0.3, 0.4) is 0 Å². The van der Waals surface area contributed by atoms with Crippen LogP contribution in [0.5, 0.6) is 0 Å². The molecule has 1 atom stereocenters. The number of allylic oxidation sites excluding steroid dienone is 1. The Kier molecular flexibility index (Phi) is 4.25. The third kappa shape index (κ3) is 6.05. The molecule has 0 aromatic carbocycles. The van der Waals surface area contributed by atoms with E-state index in [2.05, 4.69) is 19.2 Å². The van der Waals surface area contributed by atoms with Crippen LogP contribution in [0.25, 0.3) is 0 Å². The van der Waals surface area contributed by atoms with Crippen molar-refractivity contribution >= 4 is 12.6 Å². The lowest BCUT2D eigenvalue weighted by atomic mass is 10.3. The first kappa shape index (κ1) is 7.05. The highest BCUT2D eigenvalue weighted by atomic mass is 32.1. The molecule has 0 aliphatic heterocycles. The zero-order chi connectivity index (χ0) is 5.70. The highest BCUT2D eigenvalue weighted by Gasteiger charge is 1.89. The molecule has 1 N–H and O–H groups in total. The second-order valence-corrected chi connectivity index (χ2v) is 1.94. The molecule has 0 aromatic rings. The molecular formula is C5H10OS. The fourth-order valence-corrected chi connectivity index (χ4v) is 0.416. The van der Waals surface area contributed by atoms with Crippen LogP contribution >= 0.6 is 12.6 Å². The van der Waals surface area contributed by atoms with Gasteiger partial charge in [-0.15, -0.1) is 19.2 Å². The molecule has 0 aromatic heterocycles. The second kappa shape index (κ2) is 4.22. The number of hydrogen-bond donors (Lipinski definition) is 2. The van der Waals surface area contributed by atoms with Gasteiger partial charge in [-0.1, -0.05) is 6.08 Å². The van der Waals surface area contributed by atoms with Gasteiger partial charge in [0.2, 0.25) is 0 Å². The first-order valence-electron chi connectivity index (χ1n) is 2.24. The quantitative estimate of drug-likeness (QED) is 0.324. The van der Waals surface area contributed by atoms with Gasteiger partial charge in [0.1, 0.15) is 0 Å². The van der Waals surface area contributed by atoms with Gasteiger partial charge in [-0.2, -0.15) is 0 Å². The van der Waals surface area contributed by atoms with Crippen LogP contribution in [0.1, 0.15) is 12.8 Å². The Morgan fingerprint density at radius 1 is 1.86 bits per heavy atom. The standard InChI is InChI=1S/C5H10OS/c1-2-3-4-5(6)7/h2,5-7H,1,3-4H2. The average Bonchev–Trinajstić information content (AvgIpc) is 1.61. The molecule has 0 radical (unpaired) electrons. The Bertz CT molecular complexity index is 52.0. The van der Waals surface area contributed by atoms with Crippen LogP contribution in [0.4, 0.5) is 0 Å². The van der Waals surface area contributed by atoms with Crippen LogP contribution in [-0.4, -0.2) is 10.5 Å². The third-order valence-corrected chi connectivity index (χ3v) is 0.887. The Balaban J connectivity index is 2.81. The molecule has 42 valence electrons. The SMILES string of the molecule is C=CCCC(O)S. The van der Waals surface area contributed by atoms with Crippen molar-refractivity contribution in [1.82, 2.24) is 0 Å². The van der Waals surface area contributed by atoms with Crippen LogP contribution in [0.2, 0.25) is 0 Å². The number of hydrogen-bond acceptors (Lipinski definition) is 2. The van der Waals surface area contributed by atoms with Crippen molar-refractivity contribution in [3.05, 3.63) is 12.7 Å².